The van der Waals surface area contributed by atoms with Crippen LogP contribution in [0.4, 0.5) is 5.69 Å². The summed E-state index contributed by atoms with van der Waals surface area (Å²) in [5, 5.41) is 18.3. The quantitative estimate of drug-likeness (QED) is 0.859. The van der Waals surface area contributed by atoms with Crippen LogP contribution in [0.5, 0.6) is 0 Å². The normalized spacial score (nSPS) is 10.7. The number of anilines is 1. The average Bonchev–Trinajstić information content (AvgIpc) is 2.29. The Morgan fingerprint density at radius 1 is 1.41 bits per heavy atom. The number of nitrogens with zero attached hydrogens (tertiary/aromatic N) is 2. The van der Waals surface area contributed by atoms with Crippen LogP contribution in [0.15, 0.2) is 30.3 Å². The molecular formula is C13H16N2O2. The Balaban J connectivity index is 2.97. The number of para-hydroxylation sites is 1. The fourth-order valence-electron chi connectivity index (χ4n) is 1.45. The predicted molar refractivity (Wildman–Crippen MR) is 65.3 cm³/mol. The molecule has 1 aromatic carbocycles. The van der Waals surface area contributed by atoms with Gasteiger partial charge in [0.05, 0.1) is 12.5 Å². The molecule has 0 atom stereocenters. The van der Waals surface area contributed by atoms with Gasteiger partial charge in [-0.15, -0.1) is 0 Å². The van der Waals surface area contributed by atoms with Gasteiger partial charge in [-0.05, 0) is 26.0 Å². The Morgan fingerprint density at radius 3 is 2.47 bits per heavy atom. The van der Waals surface area contributed by atoms with Crippen molar-refractivity contribution in [1.29, 1.82) is 5.26 Å². The van der Waals surface area contributed by atoms with Crippen molar-refractivity contribution in [3.05, 3.63) is 30.3 Å². The molecule has 1 aromatic rings. The van der Waals surface area contributed by atoms with E-state index in [1.807, 2.05) is 24.3 Å². The Bertz CT molecular complexity index is 415. The molecule has 90 valence electrons. The highest BCUT2D eigenvalue weighted by atomic mass is 16.3. The van der Waals surface area contributed by atoms with Gasteiger partial charge in [-0.3, -0.25) is 4.79 Å². The molecule has 0 heterocycles. The van der Waals surface area contributed by atoms with Crippen LogP contribution in [0.3, 0.4) is 0 Å². The van der Waals surface area contributed by atoms with E-state index in [1.54, 1.807) is 12.1 Å². The van der Waals surface area contributed by atoms with Crippen molar-refractivity contribution in [2.45, 2.75) is 25.9 Å². The SMILES string of the molecule is CC(C)(O)C(=O)N(CCC#N)c1ccccc1. The van der Waals surface area contributed by atoms with Crippen LogP contribution in [0.1, 0.15) is 20.3 Å². The average molecular weight is 232 g/mol. The summed E-state index contributed by atoms with van der Waals surface area (Å²) in [6.07, 6.45) is 0.233. The van der Waals surface area contributed by atoms with Gasteiger partial charge in [-0.1, -0.05) is 18.2 Å². The van der Waals surface area contributed by atoms with Crippen LogP contribution >= 0.6 is 0 Å². The zero-order valence-corrected chi connectivity index (χ0v) is 10.1. The van der Waals surface area contributed by atoms with Gasteiger partial charge in [-0.2, -0.15) is 5.26 Å². The summed E-state index contributed by atoms with van der Waals surface area (Å²) in [5.41, 5.74) is -0.749. The lowest BCUT2D eigenvalue weighted by Gasteiger charge is -2.28. The molecule has 0 fully saturated rings. The minimum Gasteiger partial charge on any atom is -0.381 e. The summed E-state index contributed by atoms with van der Waals surface area (Å²) in [7, 11) is 0. The van der Waals surface area contributed by atoms with Crippen LogP contribution in [0, 0.1) is 11.3 Å². The standard InChI is InChI=1S/C13H16N2O2/c1-13(2,17)12(16)15(10-6-9-14)11-7-4-3-5-8-11/h3-5,7-8,17H,6,10H2,1-2H3. The van der Waals surface area contributed by atoms with Gasteiger partial charge in [0.25, 0.3) is 5.91 Å². The number of hydrogen-bond donors (Lipinski definition) is 1. The highest BCUT2D eigenvalue weighted by Gasteiger charge is 2.29. The van der Waals surface area contributed by atoms with Gasteiger partial charge in [0.1, 0.15) is 5.60 Å². The molecule has 1 N–H and O–H groups in total. The van der Waals surface area contributed by atoms with Gasteiger partial charge >= 0.3 is 0 Å². The van der Waals surface area contributed by atoms with Crippen molar-refractivity contribution >= 4 is 11.6 Å². The van der Waals surface area contributed by atoms with Gasteiger partial charge in [0.15, 0.2) is 0 Å². The molecule has 0 bridgehead atoms. The smallest absolute Gasteiger partial charge is 0.258 e. The summed E-state index contributed by atoms with van der Waals surface area (Å²) >= 11 is 0. The van der Waals surface area contributed by atoms with Crippen LogP contribution in [-0.2, 0) is 4.79 Å². The molecule has 1 rings (SSSR count). The number of benzene rings is 1. The topological polar surface area (TPSA) is 64.3 Å². The van der Waals surface area contributed by atoms with Gasteiger partial charge in [0, 0.05) is 12.2 Å². The van der Waals surface area contributed by atoms with Crippen molar-refractivity contribution in [2.24, 2.45) is 0 Å². The first-order valence-electron chi connectivity index (χ1n) is 5.43. The van der Waals surface area contributed by atoms with Crippen molar-refractivity contribution in [1.82, 2.24) is 0 Å². The molecule has 0 saturated carbocycles. The molecule has 0 radical (unpaired) electrons. The lowest BCUT2D eigenvalue weighted by atomic mass is 10.1. The van der Waals surface area contributed by atoms with E-state index in [0.717, 1.165) is 0 Å². The zero-order valence-electron chi connectivity index (χ0n) is 10.1. The zero-order chi connectivity index (χ0) is 12.9. The van der Waals surface area contributed by atoms with Crippen LogP contribution in [0.25, 0.3) is 0 Å². The maximum atomic E-state index is 12.0. The fourth-order valence-corrected chi connectivity index (χ4v) is 1.45. The number of aliphatic hydroxyl groups is 1. The van der Waals surface area contributed by atoms with Gasteiger partial charge in [-0.25, -0.2) is 0 Å². The predicted octanol–water partition coefficient (Wildman–Crippen LogP) is 1.70. The van der Waals surface area contributed by atoms with E-state index in [1.165, 1.54) is 18.7 Å². The first kappa shape index (κ1) is 13.2. The summed E-state index contributed by atoms with van der Waals surface area (Å²) in [4.78, 5) is 13.5. The van der Waals surface area contributed by atoms with Crippen LogP contribution in [-0.4, -0.2) is 23.2 Å². The molecule has 0 aliphatic rings. The Hall–Kier alpha value is -1.86. The molecule has 17 heavy (non-hydrogen) atoms. The molecule has 0 aliphatic heterocycles. The van der Waals surface area contributed by atoms with E-state index >= 15 is 0 Å². The van der Waals surface area contributed by atoms with Crippen molar-refractivity contribution in [3.8, 4) is 6.07 Å². The van der Waals surface area contributed by atoms with Crippen molar-refractivity contribution in [2.75, 3.05) is 11.4 Å². The van der Waals surface area contributed by atoms with Crippen molar-refractivity contribution < 1.29 is 9.90 Å². The molecule has 0 aliphatic carbocycles. The minimum absolute atomic E-state index is 0.233. The summed E-state index contributed by atoms with van der Waals surface area (Å²) < 4.78 is 0. The van der Waals surface area contributed by atoms with E-state index < -0.39 is 11.5 Å². The van der Waals surface area contributed by atoms with E-state index in [9.17, 15) is 9.90 Å². The molecule has 0 spiro atoms. The second kappa shape index (κ2) is 5.46. The third-order valence-corrected chi connectivity index (χ3v) is 2.28. The van der Waals surface area contributed by atoms with Crippen LogP contribution < -0.4 is 4.90 Å². The molecule has 1 amide bonds. The third kappa shape index (κ3) is 3.58. The molecule has 0 unspecified atom stereocenters. The summed E-state index contributed by atoms with van der Waals surface area (Å²) in [6, 6.07) is 11.0. The molecule has 0 saturated heterocycles. The molecule has 4 nitrogen and oxygen atoms in total. The summed E-state index contributed by atoms with van der Waals surface area (Å²) in [6.45, 7) is 3.17. The van der Waals surface area contributed by atoms with Gasteiger partial charge < -0.3 is 10.0 Å². The number of carbonyl (C=O) groups is 1. The van der Waals surface area contributed by atoms with E-state index in [4.69, 9.17) is 5.26 Å². The van der Waals surface area contributed by atoms with E-state index in [-0.39, 0.29) is 13.0 Å². The lowest BCUT2D eigenvalue weighted by Crippen LogP contribution is -2.45. The molecule has 0 aromatic heterocycles. The number of amides is 1. The van der Waals surface area contributed by atoms with E-state index in [2.05, 4.69) is 0 Å². The van der Waals surface area contributed by atoms with Crippen LogP contribution in [0.2, 0.25) is 0 Å². The Morgan fingerprint density at radius 2 is 2.00 bits per heavy atom. The first-order chi connectivity index (χ1) is 7.96. The number of nitriles is 1. The number of hydrogen-bond acceptors (Lipinski definition) is 3. The highest BCUT2D eigenvalue weighted by molar-refractivity contribution is 5.98. The first-order valence-corrected chi connectivity index (χ1v) is 5.43. The Labute approximate surface area is 101 Å². The van der Waals surface area contributed by atoms with Crippen molar-refractivity contribution in [3.63, 3.8) is 0 Å². The monoisotopic (exact) mass is 232 g/mol. The highest BCUT2D eigenvalue weighted by Crippen LogP contribution is 2.18. The fraction of sp³-hybridized carbons (Fsp3) is 0.385. The largest absolute Gasteiger partial charge is 0.381 e. The second-order valence-electron chi connectivity index (χ2n) is 4.26. The maximum absolute atomic E-state index is 12.0. The lowest BCUT2D eigenvalue weighted by molar-refractivity contribution is -0.133. The minimum atomic E-state index is -1.44. The summed E-state index contributed by atoms with van der Waals surface area (Å²) in [5.74, 6) is -0.404. The number of rotatable bonds is 4. The molecule has 4 heteroatoms. The van der Waals surface area contributed by atoms with Gasteiger partial charge in [0.2, 0.25) is 0 Å². The third-order valence-electron chi connectivity index (χ3n) is 2.28. The maximum Gasteiger partial charge on any atom is 0.258 e. The second-order valence-corrected chi connectivity index (χ2v) is 4.26. The van der Waals surface area contributed by atoms with E-state index in [0.29, 0.717) is 5.69 Å². The molecular weight excluding hydrogens is 216 g/mol. The number of carbonyl (C=O) groups excluding carboxylic acids is 1. The Kier molecular flexibility index (Phi) is 4.24.